The molecule has 0 spiro atoms. The Balaban J connectivity index is 0.000000283. The highest BCUT2D eigenvalue weighted by atomic mass is 19.1. The van der Waals surface area contributed by atoms with Gasteiger partial charge in [0, 0.05) is 25.2 Å². The molecule has 208 valence electrons. The third-order valence-electron chi connectivity index (χ3n) is 6.70. The highest BCUT2D eigenvalue weighted by molar-refractivity contribution is 5.98. The number of aromatic nitrogens is 4. The minimum atomic E-state index is -0.606. The number of nitrogens with two attached hydrogens (primary N) is 1. The van der Waals surface area contributed by atoms with E-state index in [0.717, 1.165) is 42.6 Å². The maximum Gasteiger partial charge on any atom is 0.246 e. The maximum absolute atomic E-state index is 12.9. The average Bonchev–Trinajstić information content (AvgIpc) is 3.39. The molecular formula is C29H32FN7O3. The van der Waals surface area contributed by atoms with Gasteiger partial charge in [-0.2, -0.15) is 5.10 Å². The summed E-state index contributed by atoms with van der Waals surface area (Å²) in [6.45, 7) is 5.71. The van der Waals surface area contributed by atoms with Crippen molar-refractivity contribution in [2.45, 2.75) is 25.4 Å². The summed E-state index contributed by atoms with van der Waals surface area (Å²) in [6, 6.07) is 12.7. The van der Waals surface area contributed by atoms with Gasteiger partial charge in [0.2, 0.25) is 5.91 Å². The van der Waals surface area contributed by atoms with Crippen LogP contribution in [0.15, 0.2) is 61.4 Å². The highest BCUT2D eigenvalue weighted by Crippen LogP contribution is 2.33. The van der Waals surface area contributed by atoms with Gasteiger partial charge in [-0.25, -0.2) is 19.0 Å². The number of nitrogen functional groups attached to an aromatic ring is 1. The third kappa shape index (κ3) is 5.99. The van der Waals surface area contributed by atoms with Gasteiger partial charge in [0.15, 0.2) is 23.5 Å². The van der Waals surface area contributed by atoms with E-state index in [0.29, 0.717) is 24.3 Å². The molecule has 4 aromatic rings. The minimum Gasteiger partial charge on any atom is -0.494 e. The van der Waals surface area contributed by atoms with Crippen molar-refractivity contribution in [1.82, 2.24) is 30.0 Å². The summed E-state index contributed by atoms with van der Waals surface area (Å²) >= 11 is 0. The predicted octanol–water partition coefficient (Wildman–Crippen LogP) is 3.79. The zero-order valence-electron chi connectivity index (χ0n) is 22.5. The van der Waals surface area contributed by atoms with Crippen molar-refractivity contribution >= 4 is 29.0 Å². The molecule has 11 heteroatoms. The first-order valence-corrected chi connectivity index (χ1v) is 12.8. The number of anilines is 1. The van der Waals surface area contributed by atoms with Crippen LogP contribution in [0.5, 0.6) is 5.75 Å². The molecule has 1 aliphatic rings. The van der Waals surface area contributed by atoms with E-state index in [2.05, 4.69) is 38.7 Å². The van der Waals surface area contributed by atoms with Crippen LogP contribution in [-0.4, -0.2) is 64.1 Å². The first-order chi connectivity index (χ1) is 19.4. The van der Waals surface area contributed by atoms with Crippen molar-refractivity contribution in [2.75, 3.05) is 33.0 Å². The first-order valence-electron chi connectivity index (χ1n) is 12.8. The Labute approximate surface area is 231 Å². The zero-order chi connectivity index (χ0) is 28.6. The van der Waals surface area contributed by atoms with Crippen molar-refractivity contribution in [3.05, 3.63) is 78.4 Å². The van der Waals surface area contributed by atoms with Gasteiger partial charge in [-0.1, -0.05) is 36.9 Å². The second-order valence-corrected chi connectivity index (χ2v) is 9.24. The number of carbonyl (C=O) groups is 2. The third-order valence-corrected chi connectivity index (χ3v) is 6.70. The molecule has 3 N–H and O–H groups in total. The molecule has 1 fully saturated rings. The molecular weight excluding hydrogens is 513 g/mol. The molecule has 0 saturated carbocycles. The number of hydrogen-bond donors (Lipinski definition) is 2. The summed E-state index contributed by atoms with van der Waals surface area (Å²) in [5.41, 5.74) is 9.85. The topological polar surface area (TPSA) is 128 Å². The van der Waals surface area contributed by atoms with Crippen molar-refractivity contribution in [1.29, 1.82) is 0 Å². The van der Waals surface area contributed by atoms with E-state index in [1.165, 1.54) is 37.2 Å². The van der Waals surface area contributed by atoms with Crippen LogP contribution in [0, 0.1) is 5.82 Å². The molecule has 0 radical (unpaired) electrons. The van der Waals surface area contributed by atoms with Crippen molar-refractivity contribution < 1.29 is 18.7 Å². The van der Waals surface area contributed by atoms with Crippen LogP contribution in [-0.2, 0) is 11.3 Å². The van der Waals surface area contributed by atoms with Crippen LogP contribution in [0.2, 0.25) is 0 Å². The predicted molar refractivity (Wildman–Crippen MR) is 151 cm³/mol. The molecule has 10 nitrogen and oxygen atoms in total. The number of hydrogen-bond acceptors (Lipinski definition) is 8. The molecule has 1 saturated heterocycles. The van der Waals surface area contributed by atoms with Gasteiger partial charge in [-0.3, -0.25) is 9.59 Å². The molecule has 2 aromatic heterocycles. The van der Waals surface area contributed by atoms with E-state index in [-0.39, 0.29) is 23.3 Å². The molecule has 0 bridgehead atoms. The lowest BCUT2D eigenvalue weighted by molar-refractivity contribution is -0.127. The van der Waals surface area contributed by atoms with Gasteiger partial charge in [0.1, 0.15) is 17.8 Å². The van der Waals surface area contributed by atoms with Gasteiger partial charge in [-0.05, 0) is 43.7 Å². The van der Waals surface area contributed by atoms with Crippen molar-refractivity contribution in [3.8, 4) is 17.0 Å². The smallest absolute Gasteiger partial charge is 0.246 e. The van der Waals surface area contributed by atoms with E-state index < -0.39 is 5.82 Å². The summed E-state index contributed by atoms with van der Waals surface area (Å²) in [7, 11) is 3.28. The van der Waals surface area contributed by atoms with Crippen molar-refractivity contribution in [3.63, 3.8) is 0 Å². The Kier molecular flexibility index (Phi) is 9.18. The summed E-state index contributed by atoms with van der Waals surface area (Å²) in [6.07, 6.45) is 5.10. The fourth-order valence-electron chi connectivity index (χ4n) is 4.70. The number of nitrogens with one attached hydrogen (secondary N) is 1. The maximum atomic E-state index is 12.9. The number of halogens is 1. The molecule has 1 aliphatic heterocycles. The van der Waals surface area contributed by atoms with Crippen LogP contribution in [0.1, 0.15) is 34.8 Å². The highest BCUT2D eigenvalue weighted by Gasteiger charge is 2.28. The van der Waals surface area contributed by atoms with Crippen LogP contribution in [0.25, 0.3) is 22.3 Å². The van der Waals surface area contributed by atoms with Crippen LogP contribution >= 0.6 is 0 Å². The van der Waals surface area contributed by atoms with Gasteiger partial charge in [0.25, 0.3) is 0 Å². The molecule has 1 unspecified atom stereocenters. The number of fused-ring (bicyclic) bond motifs is 1. The Morgan fingerprint density at radius 3 is 2.70 bits per heavy atom. The summed E-state index contributed by atoms with van der Waals surface area (Å²) < 4.78 is 19.5. The lowest BCUT2D eigenvalue weighted by atomic mass is 10.1. The van der Waals surface area contributed by atoms with Crippen LogP contribution < -0.4 is 15.8 Å². The van der Waals surface area contributed by atoms with E-state index in [1.807, 2.05) is 28.8 Å². The van der Waals surface area contributed by atoms with Crippen LogP contribution in [0.3, 0.4) is 0 Å². The zero-order valence-corrected chi connectivity index (χ0v) is 22.5. The molecule has 0 aliphatic carbocycles. The Morgan fingerprint density at radius 1 is 1.25 bits per heavy atom. The second kappa shape index (κ2) is 12.9. The molecule has 2 aromatic carbocycles. The summed E-state index contributed by atoms with van der Waals surface area (Å²) in [5.74, 6) is -0.161. The second-order valence-electron chi connectivity index (χ2n) is 9.24. The fraction of sp³-hybridized carbons (Fsp3) is 0.276. The average molecular weight is 546 g/mol. The molecule has 3 heterocycles. The number of aldehydes is 1. The lowest BCUT2D eigenvalue weighted by Crippen LogP contribution is -2.40. The lowest BCUT2D eigenvalue weighted by Gasteiger charge is -2.32. The number of benzene rings is 2. The van der Waals surface area contributed by atoms with E-state index >= 15 is 0 Å². The number of amides is 1. The largest absolute Gasteiger partial charge is 0.494 e. The number of methoxy groups -OCH3 is 1. The Bertz CT molecular complexity index is 1500. The number of carbonyl (C=O) groups excluding carboxylic acids is 2. The van der Waals surface area contributed by atoms with Gasteiger partial charge >= 0.3 is 0 Å². The van der Waals surface area contributed by atoms with E-state index in [4.69, 9.17) is 10.8 Å². The number of likely N-dealkylation sites (tertiary alicyclic amines) is 1. The van der Waals surface area contributed by atoms with Gasteiger partial charge < -0.3 is 20.7 Å². The van der Waals surface area contributed by atoms with Crippen molar-refractivity contribution in [2.24, 2.45) is 0 Å². The number of ether oxygens (including phenoxy) is 1. The Hall–Kier alpha value is -4.64. The summed E-state index contributed by atoms with van der Waals surface area (Å²) in [5, 5.41) is 8.79. The number of nitrogens with zero attached hydrogens (tertiary/aromatic N) is 5. The first kappa shape index (κ1) is 28.4. The molecule has 5 rings (SSSR count). The molecule has 1 amide bonds. The van der Waals surface area contributed by atoms with E-state index in [1.54, 1.807) is 6.07 Å². The standard InChI is InChI=1S/C21H25N7O.C8H7FO2/c1-3-17(29)27-10-4-5-16(12-27)28-21-18(20(22)24-13-25-21)19(26-28)15-8-6-14(7-9-15)11-23-2;1-11-7-4-2-3-6(5-10)8(7)9/h3,6-9,13,16,23H,1,4-5,10-12H2,2H3,(H2,22,24,25);2-5H,1H3. The van der Waals surface area contributed by atoms with E-state index in [9.17, 15) is 14.0 Å². The Morgan fingerprint density at radius 2 is 2.02 bits per heavy atom. The molecule has 1 atom stereocenters. The fourth-order valence-corrected chi connectivity index (χ4v) is 4.70. The SMILES string of the molecule is C=CC(=O)N1CCCC(n2nc(-c3ccc(CNC)cc3)c3c(N)ncnc32)C1.COc1cccc(C=O)c1F. The van der Waals surface area contributed by atoms with Crippen LogP contribution in [0.4, 0.5) is 10.2 Å². The minimum absolute atomic E-state index is 0.0179. The molecule has 40 heavy (non-hydrogen) atoms. The van der Waals surface area contributed by atoms with Gasteiger partial charge in [-0.15, -0.1) is 0 Å². The number of rotatable bonds is 7. The monoisotopic (exact) mass is 545 g/mol. The number of piperidine rings is 1. The quantitative estimate of drug-likeness (QED) is 0.265. The normalized spacial score (nSPS) is 14.8. The summed E-state index contributed by atoms with van der Waals surface area (Å²) in [4.78, 5) is 32.8. The van der Waals surface area contributed by atoms with Gasteiger partial charge in [0.05, 0.1) is 24.1 Å².